The number of nitrogens with zero attached hydrogens (tertiary/aromatic N) is 2. The summed E-state index contributed by atoms with van der Waals surface area (Å²) in [6.45, 7) is 2.64. The van der Waals surface area contributed by atoms with Crippen LogP contribution in [0.3, 0.4) is 0 Å². The summed E-state index contributed by atoms with van der Waals surface area (Å²) in [5, 5.41) is 0. The van der Waals surface area contributed by atoms with Gasteiger partial charge in [-0.15, -0.1) is 0 Å². The molecule has 1 atom stereocenters. The lowest BCUT2D eigenvalue weighted by Crippen LogP contribution is -2.38. The average molecular weight is 323 g/mol. The van der Waals surface area contributed by atoms with Gasteiger partial charge in [-0.1, -0.05) is 36.4 Å². The van der Waals surface area contributed by atoms with Crippen molar-refractivity contribution in [2.45, 2.75) is 32.2 Å². The summed E-state index contributed by atoms with van der Waals surface area (Å²) >= 11 is 0. The van der Waals surface area contributed by atoms with Crippen molar-refractivity contribution in [2.24, 2.45) is 5.92 Å². The number of carbonyl (C=O) groups is 1. The van der Waals surface area contributed by atoms with E-state index >= 15 is 0 Å². The number of benzene rings is 1. The van der Waals surface area contributed by atoms with Gasteiger partial charge < -0.3 is 5.73 Å². The number of rotatable bonds is 6. The Morgan fingerprint density at radius 1 is 1.21 bits per heavy atom. The Hall–Kier alpha value is -2.20. The number of nitrogens with two attached hydrogens (primary N) is 1. The SMILES string of the molecule is Nc1ncccc1CN1CCC[C@H](C(=O)CCc2ccccc2)C1. The van der Waals surface area contributed by atoms with Crippen LogP contribution in [0.4, 0.5) is 5.82 Å². The third kappa shape index (κ3) is 4.42. The lowest BCUT2D eigenvalue weighted by atomic mass is 9.90. The molecule has 1 aliphatic rings. The number of anilines is 1. The fourth-order valence-corrected chi connectivity index (χ4v) is 3.40. The van der Waals surface area contributed by atoms with Gasteiger partial charge in [-0.25, -0.2) is 4.98 Å². The van der Waals surface area contributed by atoms with Gasteiger partial charge in [0.1, 0.15) is 11.6 Å². The number of carbonyl (C=O) groups excluding carboxylic acids is 1. The highest BCUT2D eigenvalue weighted by molar-refractivity contribution is 5.81. The first-order valence-corrected chi connectivity index (χ1v) is 8.71. The second kappa shape index (κ2) is 8.06. The molecule has 4 heteroatoms. The Morgan fingerprint density at radius 3 is 2.83 bits per heavy atom. The first-order chi connectivity index (χ1) is 11.7. The highest BCUT2D eigenvalue weighted by atomic mass is 16.1. The Bertz CT molecular complexity index is 672. The normalized spacial score (nSPS) is 18.4. The number of likely N-dealkylation sites (tertiary alicyclic amines) is 1. The van der Waals surface area contributed by atoms with Gasteiger partial charge in [-0.3, -0.25) is 9.69 Å². The molecule has 24 heavy (non-hydrogen) atoms. The minimum atomic E-state index is 0.153. The topological polar surface area (TPSA) is 59.2 Å². The van der Waals surface area contributed by atoms with Gasteiger partial charge in [0.05, 0.1) is 0 Å². The first kappa shape index (κ1) is 16.7. The minimum Gasteiger partial charge on any atom is -0.383 e. The van der Waals surface area contributed by atoms with E-state index in [1.54, 1.807) is 6.20 Å². The number of aromatic nitrogens is 1. The quantitative estimate of drug-likeness (QED) is 0.887. The average Bonchev–Trinajstić information content (AvgIpc) is 2.63. The summed E-state index contributed by atoms with van der Waals surface area (Å²) in [7, 11) is 0. The van der Waals surface area contributed by atoms with E-state index in [1.165, 1.54) is 5.56 Å². The summed E-state index contributed by atoms with van der Waals surface area (Å²) in [5.74, 6) is 1.14. The molecule has 0 aliphatic carbocycles. The molecule has 0 radical (unpaired) electrons. The molecular formula is C20H25N3O. The van der Waals surface area contributed by atoms with Crippen molar-refractivity contribution in [3.63, 3.8) is 0 Å². The highest BCUT2D eigenvalue weighted by Gasteiger charge is 2.25. The summed E-state index contributed by atoms with van der Waals surface area (Å²) in [5.41, 5.74) is 8.23. The summed E-state index contributed by atoms with van der Waals surface area (Å²) in [4.78, 5) is 19.1. The third-order valence-corrected chi connectivity index (χ3v) is 4.78. The second-order valence-corrected chi connectivity index (χ2v) is 6.57. The summed E-state index contributed by atoms with van der Waals surface area (Å²) in [6, 6.07) is 14.2. The highest BCUT2D eigenvalue weighted by Crippen LogP contribution is 2.22. The van der Waals surface area contributed by atoms with Crippen LogP contribution in [0.2, 0.25) is 0 Å². The van der Waals surface area contributed by atoms with Crippen molar-refractivity contribution in [1.82, 2.24) is 9.88 Å². The number of hydrogen-bond acceptors (Lipinski definition) is 4. The van der Waals surface area contributed by atoms with E-state index in [9.17, 15) is 4.79 Å². The molecule has 1 aromatic heterocycles. The van der Waals surface area contributed by atoms with Crippen LogP contribution in [0.5, 0.6) is 0 Å². The largest absolute Gasteiger partial charge is 0.383 e. The zero-order valence-electron chi connectivity index (χ0n) is 14.0. The van der Waals surface area contributed by atoms with Crippen molar-refractivity contribution in [1.29, 1.82) is 0 Å². The zero-order chi connectivity index (χ0) is 16.8. The van der Waals surface area contributed by atoms with E-state index in [1.807, 2.05) is 30.3 Å². The van der Waals surface area contributed by atoms with Gasteiger partial charge in [0.15, 0.2) is 0 Å². The van der Waals surface area contributed by atoms with Gasteiger partial charge >= 0.3 is 0 Å². The molecule has 1 aromatic carbocycles. The van der Waals surface area contributed by atoms with Gasteiger partial charge in [-0.05, 0) is 37.4 Å². The van der Waals surface area contributed by atoms with E-state index in [0.29, 0.717) is 18.0 Å². The molecule has 0 amide bonds. The predicted octanol–water partition coefficient (Wildman–Crippen LogP) is 3.08. The number of ketones is 1. The van der Waals surface area contributed by atoms with Crippen LogP contribution in [0.1, 0.15) is 30.4 Å². The van der Waals surface area contributed by atoms with Crippen LogP contribution < -0.4 is 5.73 Å². The van der Waals surface area contributed by atoms with E-state index < -0.39 is 0 Å². The number of hydrogen-bond donors (Lipinski definition) is 1. The lowest BCUT2D eigenvalue weighted by molar-refractivity contribution is -0.124. The predicted molar refractivity (Wildman–Crippen MR) is 96.4 cm³/mol. The van der Waals surface area contributed by atoms with Crippen molar-refractivity contribution < 1.29 is 4.79 Å². The van der Waals surface area contributed by atoms with Gasteiger partial charge in [0.25, 0.3) is 0 Å². The molecule has 2 heterocycles. The number of aryl methyl sites for hydroxylation is 1. The Balaban J connectivity index is 1.53. The first-order valence-electron chi connectivity index (χ1n) is 8.71. The van der Waals surface area contributed by atoms with Crippen LogP contribution in [0.25, 0.3) is 0 Å². The molecule has 0 spiro atoms. The molecule has 0 saturated carbocycles. The molecule has 3 rings (SSSR count). The van der Waals surface area contributed by atoms with E-state index in [2.05, 4.69) is 22.0 Å². The van der Waals surface area contributed by atoms with Crippen LogP contribution >= 0.6 is 0 Å². The van der Waals surface area contributed by atoms with E-state index in [-0.39, 0.29) is 5.92 Å². The smallest absolute Gasteiger partial charge is 0.137 e. The summed E-state index contributed by atoms with van der Waals surface area (Å²) < 4.78 is 0. The third-order valence-electron chi connectivity index (χ3n) is 4.78. The standard InChI is InChI=1S/C20H25N3O/c21-20-18(8-4-12-22-20)15-23-13-5-9-17(14-23)19(24)11-10-16-6-2-1-3-7-16/h1-4,6-8,12,17H,5,9-11,13-15H2,(H2,21,22)/t17-/m0/s1. The van der Waals surface area contributed by atoms with Crippen LogP contribution in [-0.2, 0) is 17.8 Å². The molecular weight excluding hydrogens is 298 g/mol. The lowest BCUT2D eigenvalue weighted by Gasteiger charge is -2.32. The van der Waals surface area contributed by atoms with Gasteiger partial charge in [0, 0.05) is 37.2 Å². The molecule has 126 valence electrons. The number of piperidine rings is 1. The zero-order valence-corrected chi connectivity index (χ0v) is 14.0. The molecule has 1 saturated heterocycles. The summed E-state index contributed by atoms with van der Waals surface area (Å²) in [6.07, 6.45) is 5.27. The molecule has 0 unspecified atom stereocenters. The van der Waals surface area contributed by atoms with Crippen LogP contribution in [0, 0.1) is 5.92 Å². The van der Waals surface area contributed by atoms with E-state index in [0.717, 1.165) is 44.5 Å². The van der Waals surface area contributed by atoms with Crippen molar-refractivity contribution in [2.75, 3.05) is 18.8 Å². The fraction of sp³-hybridized carbons (Fsp3) is 0.400. The molecule has 2 aromatic rings. The second-order valence-electron chi connectivity index (χ2n) is 6.57. The monoisotopic (exact) mass is 323 g/mol. The number of pyridine rings is 1. The molecule has 1 aliphatic heterocycles. The van der Waals surface area contributed by atoms with Crippen molar-refractivity contribution in [3.8, 4) is 0 Å². The van der Waals surface area contributed by atoms with Gasteiger partial charge in [0.2, 0.25) is 0 Å². The fourth-order valence-electron chi connectivity index (χ4n) is 3.40. The molecule has 0 bridgehead atoms. The van der Waals surface area contributed by atoms with Gasteiger partial charge in [-0.2, -0.15) is 0 Å². The van der Waals surface area contributed by atoms with E-state index in [4.69, 9.17) is 5.73 Å². The molecule has 4 nitrogen and oxygen atoms in total. The Morgan fingerprint density at radius 2 is 2.04 bits per heavy atom. The Labute approximate surface area is 143 Å². The Kier molecular flexibility index (Phi) is 5.59. The van der Waals surface area contributed by atoms with Crippen molar-refractivity contribution in [3.05, 3.63) is 59.8 Å². The minimum absolute atomic E-state index is 0.153. The maximum absolute atomic E-state index is 12.6. The van der Waals surface area contributed by atoms with Crippen molar-refractivity contribution >= 4 is 11.6 Å². The number of nitrogen functional groups attached to an aromatic ring is 1. The molecule has 1 fully saturated rings. The van der Waals surface area contributed by atoms with Crippen LogP contribution in [-0.4, -0.2) is 28.8 Å². The molecule has 2 N–H and O–H groups in total. The maximum atomic E-state index is 12.6. The van der Waals surface area contributed by atoms with Crippen LogP contribution in [0.15, 0.2) is 48.7 Å². The number of Topliss-reactive ketones (excluding diaryl/α,β-unsaturated/α-hetero) is 1. The maximum Gasteiger partial charge on any atom is 0.137 e.